The van der Waals surface area contributed by atoms with Gasteiger partial charge in [-0.25, -0.2) is 5.48 Å². The number of aromatic hydroxyl groups is 1. The molecule has 1 aliphatic rings. The van der Waals surface area contributed by atoms with Gasteiger partial charge in [0, 0.05) is 42.3 Å². The third kappa shape index (κ3) is 5.14. The molecule has 1 amide bonds. The Bertz CT molecular complexity index is 1360. The third-order valence-electron chi connectivity index (χ3n) is 6.86. The molecule has 1 unspecified atom stereocenters. The summed E-state index contributed by atoms with van der Waals surface area (Å²) in [4.78, 5) is 17.3. The molecule has 0 spiro atoms. The molecule has 1 aromatic heterocycles. The third-order valence-corrected chi connectivity index (χ3v) is 6.86. The predicted octanol–water partition coefficient (Wildman–Crippen LogP) is 5.12. The maximum Gasteiger partial charge on any atom is 0.267 e. The van der Waals surface area contributed by atoms with Crippen molar-refractivity contribution in [2.24, 2.45) is 0 Å². The van der Waals surface area contributed by atoms with E-state index in [9.17, 15) is 9.90 Å². The number of aromatic nitrogens is 1. The number of amides is 1. The number of hydroxylamine groups is 1. The van der Waals surface area contributed by atoms with E-state index in [1.807, 2.05) is 18.2 Å². The Morgan fingerprint density at radius 3 is 2.77 bits per heavy atom. The van der Waals surface area contributed by atoms with Gasteiger partial charge in [0.25, 0.3) is 5.91 Å². The number of phenolic OH excluding ortho intramolecular Hbond substituents is 1. The van der Waals surface area contributed by atoms with Gasteiger partial charge in [-0.15, -0.1) is 0 Å². The number of rotatable bonds is 8. The lowest BCUT2D eigenvalue weighted by molar-refractivity contribution is -0.124. The number of carbonyl (C=O) groups excluding carboxylic acids is 1. The first-order chi connectivity index (χ1) is 17.1. The SMILES string of the molecule is O=C(/C=C/c1ccc2c(c1)CCC2N(CCc1c[nH]c2ccccc12)Cc1ccc(O)cc1)NO. The summed E-state index contributed by atoms with van der Waals surface area (Å²) < 4.78 is 0. The molecule has 6 nitrogen and oxygen atoms in total. The molecular formula is C29H29N3O3. The highest BCUT2D eigenvalue weighted by Crippen LogP contribution is 2.37. The van der Waals surface area contributed by atoms with E-state index in [2.05, 4.69) is 52.5 Å². The molecule has 3 aromatic carbocycles. The van der Waals surface area contributed by atoms with Crippen LogP contribution in [0.4, 0.5) is 0 Å². The van der Waals surface area contributed by atoms with Crippen LogP contribution in [0.15, 0.2) is 79.0 Å². The number of phenols is 1. The molecule has 0 aliphatic heterocycles. The largest absolute Gasteiger partial charge is 0.508 e. The van der Waals surface area contributed by atoms with Crippen molar-refractivity contribution in [2.75, 3.05) is 6.54 Å². The van der Waals surface area contributed by atoms with Gasteiger partial charge in [0.2, 0.25) is 0 Å². The van der Waals surface area contributed by atoms with E-state index in [-0.39, 0.29) is 5.75 Å². The standard InChI is InChI=1S/C29H29N3O3/c33-24-10-5-21(6-11-24)19-32(16-15-23-18-30-27-4-2-1-3-25(23)27)28-13-9-22-17-20(7-12-26(22)28)8-14-29(34)31-35/h1-8,10-12,14,17-18,28,30,33,35H,9,13,15-16,19H2,(H,31,34)/b14-8+. The van der Waals surface area contributed by atoms with E-state index >= 15 is 0 Å². The molecule has 0 saturated carbocycles. The Morgan fingerprint density at radius 1 is 1.11 bits per heavy atom. The van der Waals surface area contributed by atoms with Crippen LogP contribution >= 0.6 is 0 Å². The maximum atomic E-state index is 11.3. The minimum Gasteiger partial charge on any atom is -0.508 e. The van der Waals surface area contributed by atoms with Crippen molar-refractivity contribution in [3.05, 3.63) is 107 Å². The Balaban J connectivity index is 1.39. The van der Waals surface area contributed by atoms with Gasteiger partial charge in [0.15, 0.2) is 0 Å². The molecule has 4 aromatic rings. The first-order valence-electron chi connectivity index (χ1n) is 11.9. The number of hydrogen-bond acceptors (Lipinski definition) is 4. The number of H-pyrrole nitrogens is 1. The number of fused-ring (bicyclic) bond motifs is 2. The molecule has 178 valence electrons. The lowest BCUT2D eigenvalue weighted by Crippen LogP contribution is -2.29. The lowest BCUT2D eigenvalue weighted by Gasteiger charge is -2.30. The summed E-state index contributed by atoms with van der Waals surface area (Å²) >= 11 is 0. The summed E-state index contributed by atoms with van der Waals surface area (Å²) in [6.07, 6.45) is 8.10. The zero-order chi connectivity index (χ0) is 24.2. The number of nitrogens with one attached hydrogen (secondary N) is 2. The van der Waals surface area contributed by atoms with Gasteiger partial charge in [-0.3, -0.25) is 14.9 Å². The molecule has 0 saturated heterocycles. The summed E-state index contributed by atoms with van der Waals surface area (Å²) in [6, 6.07) is 22.5. The van der Waals surface area contributed by atoms with Gasteiger partial charge in [-0.1, -0.05) is 48.5 Å². The van der Waals surface area contributed by atoms with Crippen LogP contribution < -0.4 is 5.48 Å². The van der Waals surface area contributed by atoms with Crippen molar-refractivity contribution in [3.63, 3.8) is 0 Å². The molecule has 1 atom stereocenters. The molecule has 1 aliphatic carbocycles. The normalized spacial score (nSPS) is 15.2. The van der Waals surface area contributed by atoms with Crippen LogP contribution in [0.5, 0.6) is 5.75 Å². The van der Waals surface area contributed by atoms with Crippen molar-refractivity contribution in [1.29, 1.82) is 0 Å². The van der Waals surface area contributed by atoms with Crippen LogP contribution in [0.3, 0.4) is 0 Å². The fourth-order valence-electron chi connectivity index (χ4n) is 5.09. The number of aryl methyl sites for hydroxylation is 1. The first kappa shape index (κ1) is 22.9. The molecule has 35 heavy (non-hydrogen) atoms. The minimum atomic E-state index is -0.541. The van der Waals surface area contributed by atoms with Crippen molar-refractivity contribution < 1.29 is 15.1 Å². The second-order valence-corrected chi connectivity index (χ2v) is 9.07. The first-order valence-corrected chi connectivity index (χ1v) is 11.9. The minimum absolute atomic E-state index is 0.278. The molecule has 0 bridgehead atoms. The molecule has 6 heteroatoms. The molecular weight excluding hydrogens is 438 g/mol. The highest BCUT2D eigenvalue weighted by molar-refractivity contribution is 5.90. The Hall–Kier alpha value is -3.87. The van der Waals surface area contributed by atoms with Crippen LogP contribution in [-0.4, -0.2) is 32.6 Å². The van der Waals surface area contributed by atoms with E-state index < -0.39 is 5.91 Å². The average molecular weight is 468 g/mol. The average Bonchev–Trinajstić information content (AvgIpc) is 3.50. The molecule has 4 N–H and O–H groups in total. The second kappa shape index (κ2) is 10.2. The van der Waals surface area contributed by atoms with E-state index in [0.29, 0.717) is 6.04 Å². The van der Waals surface area contributed by atoms with Crippen LogP contribution in [0.25, 0.3) is 17.0 Å². The Kier molecular flexibility index (Phi) is 6.66. The zero-order valence-corrected chi connectivity index (χ0v) is 19.4. The molecule has 1 heterocycles. The van der Waals surface area contributed by atoms with Crippen LogP contribution in [0, 0.1) is 0 Å². The summed E-state index contributed by atoms with van der Waals surface area (Å²) in [7, 11) is 0. The highest BCUT2D eigenvalue weighted by Gasteiger charge is 2.28. The lowest BCUT2D eigenvalue weighted by atomic mass is 10.0. The van der Waals surface area contributed by atoms with E-state index in [4.69, 9.17) is 5.21 Å². The Morgan fingerprint density at radius 2 is 1.94 bits per heavy atom. The number of carbonyl (C=O) groups is 1. The van der Waals surface area contributed by atoms with Crippen molar-refractivity contribution in [1.82, 2.24) is 15.4 Å². The van der Waals surface area contributed by atoms with Crippen LogP contribution in [-0.2, 0) is 24.2 Å². The molecule has 0 fully saturated rings. The molecule has 5 rings (SSSR count). The van der Waals surface area contributed by atoms with E-state index in [0.717, 1.165) is 43.4 Å². The maximum absolute atomic E-state index is 11.3. The van der Waals surface area contributed by atoms with Gasteiger partial charge >= 0.3 is 0 Å². The predicted molar refractivity (Wildman–Crippen MR) is 137 cm³/mol. The monoisotopic (exact) mass is 467 g/mol. The number of nitrogens with zero attached hydrogens (tertiary/aromatic N) is 1. The van der Waals surface area contributed by atoms with Gasteiger partial charge in [0.05, 0.1) is 0 Å². The number of hydrogen-bond donors (Lipinski definition) is 4. The fraction of sp³-hybridized carbons (Fsp3) is 0.207. The smallest absolute Gasteiger partial charge is 0.267 e. The van der Waals surface area contributed by atoms with E-state index in [1.54, 1.807) is 23.7 Å². The fourth-order valence-corrected chi connectivity index (χ4v) is 5.09. The Labute approximate surface area is 204 Å². The van der Waals surface area contributed by atoms with Crippen molar-refractivity contribution >= 4 is 22.9 Å². The quantitative estimate of drug-likeness (QED) is 0.164. The number of para-hydroxylation sites is 1. The topological polar surface area (TPSA) is 88.6 Å². The van der Waals surface area contributed by atoms with Crippen molar-refractivity contribution in [2.45, 2.75) is 31.8 Å². The van der Waals surface area contributed by atoms with Crippen LogP contribution in [0.2, 0.25) is 0 Å². The van der Waals surface area contributed by atoms with Gasteiger partial charge in [-0.2, -0.15) is 0 Å². The second-order valence-electron chi connectivity index (χ2n) is 9.07. The summed E-state index contributed by atoms with van der Waals surface area (Å²) in [5.41, 5.74) is 8.83. The number of aromatic amines is 1. The van der Waals surface area contributed by atoms with Gasteiger partial charge in [-0.05, 0) is 71.4 Å². The summed E-state index contributed by atoms with van der Waals surface area (Å²) in [6.45, 7) is 1.70. The molecule has 0 radical (unpaired) electrons. The van der Waals surface area contributed by atoms with Crippen LogP contribution in [0.1, 0.15) is 40.3 Å². The van der Waals surface area contributed by atoms with Gasteiger partial charge in [0.1, 0.15) is 5.75 Å². The summed E-state index contributed by atoms with van der Waals surface area (Å²) in [5, 5.41) is 19.7. The number of benzene rings is 3. The van der Waals surface area contributed by atoms with Crippen molar-refractivity contribution in [3.8, 4) is 5.75 Å². The highest BCUT2D eigenvalue weighted by atomic mass is 16.5. The zero-order valence-electron chi connectivity index (χ0n) is 19.4. The van der Waals surface area contributed by atoms with Gasteiger partial charge < -0.3 is 10.1 Å². The summed E-state index contributed by atoms with van der Waals surface area (Å²) in [5.74, 6) is -0.263. The van der Waals surface area contributed by atoms with E-state index in [1.165, 1.54) is 33.7 Å².